The van der Waals surface area contributed by atoms with Crippen LogP contribution in [0.5, 0.6) is 0 Å². The molecule has 0 aliphatic heterocycles. The van der Waals surface area contributed by atoms with Gasteiger partial charge in [-0.3, -0.25) is 0 Å². The topological polar surface area (TPSA) is 58.6 Å². The van der Waals surface area contributed by atoms with Crippen LogP contribution in [0, 0.1) is 0 Å². The van der Waals surface area contributed by atoms with Crippen LogP contribution in [0.15, 0.2) is 78.9 Å². The molecule has 3 aromatic rings. The highest BCUT2D eigenvalue weighted by Crippen LogP contribution is 2.25. The quantitative estimate of drug-likeness (QED) is 0.257. The average molecular weight is 518 g/mol. The smallest absolute Gasteiger partial charge is 0.333 e. The van der Waals surface area contributed by atoms with E-state index in [1.165, 1.54) is 22.3 Å². The Hall–Kier alpha value is -3.02. The Morgan fingerprint density at radius 3 is 2.08 bits per heavy atom. The Balaban J connectivity index is 1.63. The van der Waals surface area contributed by atoms with Gasteiger partial charge in [0.15, 0.2) is 6.10 Å². The van der Waals surface area contributed by atoms with E-state index in [9.17, 15) is 9.90 Å². The fraction of sp³-hybridized carbons (Fsp3) is 0.375. The first kappa shape index (κ1) is 28.5. The maximum atomic E-state index is 11.4. The van der Waals surface area contributed by atoms with E-state index in [1.54, 1.807) is 0 Å². The number of thiocarbonyl (C=S) groups is 1. The van der Waals surface area contributed by atoms with Gasteiger partial charge < -0.3 is 15.2 Å². The first-order valence-electron chi connectivity index (χ1n) is 13.0. The molecule has 3 rings (SSSR count). The van der Waals surface area contributed by atoms with Gasteiger partial charge in [-0.25, -0.2) is 4.79 Å². The predicted molar refractivity (Wildman–Crippen MR) is 155 cm³/mol. The van der Waals surface area contributed by atoms with Gasteiger partial charge in [0, 0.05) is 25.5 Å². The van der Waals surface area contributed by atoms with Crippen molar-refractivity contribution < 1.29 is 14.6 Å². The van der Waals surface area contributed by atoms with Crippen LogP contribution < -0.4 is 5.32 Å². The minimum atomic E-state index is -0.928. The molecule has 0 amide bonds. The molecule has 37 heavy (non-hydrogen) atoms. The normalized spacial score (nSPS) is 13.1. The Morgan fingerprint density at radius 1 is 0.919 bits per heavy atom. The van der Waals surface area contributed by atoms with Crippen molar-refractivity contribution >= 4 is 23.2 Å². The summed E-state index contributed by atoms with van der Waals surface area (Å²) < 4.78 is 5.35. The summed E-state index contributed by atoms with van der Waals surface area (Å²) in [4.78, 5) is 12.2. The number of ether oxygens (including phenoxy) is 1. The van der Waals surface area contributed by atoms with Crippen LogP contribution in [-0.4, -0.2) is 28.8 Å². The Bertz CT molecular complexity index is 1140. The molecule has 0 bridgehead atoms. The zero-order valence-corrected chi connectivity index (χ0v) is 23.2. The lowest BCUT2D eigenvalue weighted by molar-refractivity contribution is -0.149. The van der Waals surface area contributed by atoms with Crippen LogP contribution in [0.1, 0.15) is 67.9 Å². The number of hydrogen-bond acceptors (Lipinski definition) is 3. The average Bonchev–Trinajstić information content (AvgIpc) is 2.88. The van der Waals surface area contributed by atoms with Crippen molar-refractivity contribution in [2.75, 3.05) is 6.61 Å². The predicted octanol–water partition coefficient (Wildman–Crippen LogP) is 6.85. The van der Waals surface area contributed by atoms with E-state index in [1.807, 2.05) is 25.1 Å². The second-order valence-electron chi connectivity index (χ2n) is 10.5. The maximum absolute atomic E-state index is 11.4. The molecule has 0 aromatic heterocycles. The van der Waals surface area contributed by atoms with Crippen molar-refractivity contribution in [2.45, 2.75) is 70.9 Å². The van der Waals surface area contributed by atoms with Crippen molar-refractivity contribution in [1.82, 2.24) is 5.32 Å². The number of aryl methyl sites for hydroxylation is 1. The first-order valence-corrected chi connectivity index (χ1v) is 13.4. The molecule has 0 heterocycles. The molecule has 0 spiro atoms. The van der Waals surface area contributed by atoms with Crippen molar-refractivity contribution in [3.05, 3.63) is 107 Å². The highest BCUT2D eigenvalue weighted by atomic mass is 32.1. The number of rotatable bonds is 12. The number of carbonyl (C=O) groups is 1. The van der Waals surface area contributed by atoms with E-state index in [0.29, 0.717) is 19.6 Å². The molecule has 0 unspecified atom stereocenters. The van der Waals surface area contributed by atoms with Crippen LogP contribution >= 0.6 is 12.2 Å². The van der Waals surface area contributed by atoms with Crippen LogP contribution in [0.2, 0.25) is 0 Å². The number of benzene rings is 3. The van der Waals surface area contributed by atoms with Gasteiger partial charge >= 0.3 is 5.97 Å². The van der Waals surface area contributed by atoms with Crippen molar-refractivity contribution in [3.8, 4) is 0 Å². The van der Waals surface area contributed by atoms with Crippen molar-refractivity contribution in [1.29, 1.82) is 0 Å². The summed E-state index contributed by atoms with van der Waals surface area (Å²) in [7, 11) is 0. The van der Waals surface area contributed by atoms with Gasteiger partial charge in [-0.2, -0.15) is 0 Å². The molecule has 0 aliphatic rings. The summed E-state index contributed by atoms with van der Waals surface area (Å²) >= 11 is 5.89. The van der Waals surface area contributed by atoms with Crippen LogP contribution in [0.4, 0.5) is 0 Å². The van der Waals surface area contributed by atoms with Gasteiger partial charge in [0.05, 0.1) is 4.99 Å². The number of hydrogen-bond donors (Lipinski definition) is 2. The van der Waals surface area contributed by atoms with Crippen LogP contribution in [0.3, 0.4) is 0 Å². The molecule has 0 saturated carbocycles. The molecule has 0 fully saturated rings. The molecule has 0 saturated heterocycles. The van der Waals surface area contributed by atoms with Crippen molar-refractivity contribution in [3.63, 3.8) is 0 Å². The van der Waals surface area contributed by atoms with Crippen LogP contribution in [-0.2, 0) is 34.3 Å². The zero-order valence-electron chi connectivity index (χ0n) is 22.4. The molecular formula is C32H39NO3S. The zero-order chi connectivity index (χ0) is 26.8. The summed E-state index contributed by atoms with van der Waals surface area (Å²) in [5, 5.41) is 12.9. The summed E-state index contributed by atoms with van der Waals surface area (Å²) in [6.45, 7) is 9.56. The van der Waals surface area contributed by atoms with Gasteiger partial charge in [0.25, 0.3) is 0 Å². The maximum Gasteiger partial charge on any atom is 0.333 e. The lowest BCUT2D eigenvalue weighted by Gasteiger charge is -2.21. The number of carboxylic acids is 1. The third-order valence-electron chi connectivity index (χ3n) is 6.61. The number of carboxylic acid groups (broad SMARTS) is 1. The summed E-state index contributed by atoms with van der Waals surface area (Å²) in [5.41, 5.74) is 6.04. The molecular weight excluding hydrogens is 478 g/mol. The monoisotopic (exact) mass is 517 g/mol. The molecule has 2 atom stereocenters. The van der Waals surface area contributed by atoms with Gasteiger partial charge in [0.2, 0.25) is 0 Å². The Morgan fingerprint density at radius 2 is 1.51 bits per heavy atom. The third kappa shape index (κ3) is 8.80. The van der Waals surface area contributed by atoms with Gasteiger partial charge in [-0.1, -0.05) is 112 Å². The largest absolute Gasteiger partial charge is 0.479 e. The van der Waals surface area contributed by atoms with E-state index in [2.05, 4.69) is 86.8 Å². The van der Waals surface area contributed by atoms with Gasteiger partial charge in [0.1, 0.15) is 0 Å². The van der Waals surface area contributed by atoms with Crippen LogP contribution in [0.25, 0.3) is 0 Å². The molecule has 196 valence electrons. The second kappa shape index (κ2) is 13.5. The van der Waals surface area contributed by atoms with E-state index < -0.39 is 12.1 Å². The minimum absolute atomic E-state index is 0.110. The molecule has 2 N–H and O–H groups in total. The van der Waals surface area contributed by atoms with E-state index in [-0.39, 0.29) is 11.3 Å². The van der Waals surface area contributed by atoms with Crippen molar-refractivity contribution in [2.24, 2.45) is 0 Å². The first-order chi connectivity index (χ1) is 17.7. The molecule has 0 radical (unpaired) electrons. The van der Waals surface area contributed by atoms with E-state index in [4.69, 9.17) is 17.0 Å². The Labute approximate surface area is 227 Å². The number of aliphatic carboxylic acids is 1. The summed E-state index contributed by atoms with van der Waals surface area (Å²) in [6, 6.07) is 27.3. The fourth-order valence-corrected chi connectivity index (χ4v) is 4.68. The minimum Gasteiger partial charge on any atom is -0.479 e. The SMILES string of the molecule is CCO[C@@H](Cc1ccc(CC[C@@H](C(=S)NCc2ccc(C(C)(C)C)cc2)c2ccccc2)cc1)C(=O)O. The second-order valence-corrected chi connectivity index (χ2v) is 10.9. The lowest BCUT2D eigenvalue weighted by atomic mass is 9.87. The van der Waals surface area contributed by atoms with E-state index >= 15 is 0 Å². The number of nitrogens with one attached hydrogen (secondary N) is 1. The lowest BCUT2D eigenvalue weighted by Crippen LogP contribution is -2.27. The molecule has 5 heteroatoms. The molecule has 3 aromatic carbocycles. The molecule has 4 nitrogen and oxygen atoms in total. The summed E-state index contributed by atoms with van der Waals surface area (Å²) in [6.07, 6.45) is 1.30. The van der Waals surface area contributed by atoms with Gasteiger partial charge in [-0.05, 0) is 53.0 Å². The fourth-order valence-electron chi connectivity index (χ4n) is 4.36. The molecule has 0 aliphatic carbocycles. The highest BCUT2D eigenvalue weighted by Gasteiger charge is 2.19. The Kier molecular flexibility index (Phi) is 10.4. The standard InChI is InChI=1S/C32H39NO3S/c1-5-36-29(31(34)35)21-24-13-11-23(12-14-24)17-20-28(26-9-7-6-8-10-26)30(37)33-22-25-15-18-27(19-16-25)32(2,3)4/h6-16,18-19,28-29H,5,17,20-22H2,1-4H3,(H,33,37)(H,34,35)/t28-,29+/m1/s1. The van der Waals surface area contributed by atoms with E-state index in [0.717, 1.165) is 23.4 Å². The van der Waals surface area contributed by atoms with Gasteiger partial charge in [-0.15, -0.1) is 0 Å². The highest BCUT2D eigenvalue weighted by molar-refractivity contribution is 7.80. The summed E-state index contributed by atoms with van der Waals surface area (Å²) in [5.74, 6) is -0.818. The third-order valence-corrected chi connectivity index (χ3v) is 7.04.